The number of fused-ring (bicyclic) bond motifs is 2. The van der Waals surface area contributed by atoms with E-state index in [9.17, 15) is 4.39 Å². The fraction of sp³-hybridized carbons (Fsp3) is 0.151. The number of nitrogens with two attached hydrogens (primary N) is 5. The second-order valence-electron chi connectivity index (χ2n) is 32.5. The third-order valence-corrected chi connectivity index (χ3v) is 22.6. The van der Waals surface area contributed by atoms with E-state index in [0.717, 1.165) is 151 Å². The molecule has 18 heteroatoms. The van der Waals surface area contributed by atoms with Crippen LogP contribution in [0.5, 0.6) is 0 Å². The molecular formula is C106H100FN17. The number of aromatic amines is 2. The summed E-state index contributed by atoms with van der Waals surface area (Å²) in [5.74, 6) is 2.18. The van der Waals surface area contributed by atoms with Crippen molar-refractivity contribution >= 4 is 68.9 Å². The van der Waals surface area contributed by atoms with Gasteiger partial charge in [0.05, 0.1) is 75.7 Å². The van der Waals surface area contributed by atoms with Gasteiger partial charge in [0.1, 0.15) is 5.82 Å². The molecule has 0 bridgehead atoms. The number of aryl methyl sites for hydroxylation is 4. The summed E-state index contributed by atoms with van der Waals surface area (Å²) in [6, 6.07) is 85.6. The molecule has 7 heterocycles. The molecule has 17 nitrogen and oxygen atoms in total. The first-order valence-electron chi connectivity index (χ1n) is 41.7. The van der Waals surface area contributed by atoms with Gasteiger partial charge >= 0.3 is 0 Å². The Kier molecular flexibility index (Phi) is 25.2. The molecule has 7 aromatic heterocycles. The molecule has 17 aromatic rings. The average molecular weight is 1630 g/mol. The normalized spacial score (nSPS) is 12.1. The lowest BCUT2D eigenvalue weighted by atomic mass is 9.94. The minimum atomic E-state index is -0.230. The zero-order chi connectivity index (χ0) is 86.8. The van der Waals surface area contributed by atoms with Crippen LogP contribution < -0.4 is 28.7 Å². The van der Waals surface area contributed by atoms with E-state index in [0.29, 0.717) is 62.9 Å². The van der Waals surface area contributed by atoms with Gasteiger partial charge < -0.3 is 44.9 Å². The molecule has 2 fully saturated rings. The van der Waals surface area contributed by atoms with E-state index >= 15 is 0 Å². The summed E-state index contributed by atoms with van der Waals surface area (Å²) < 4.78 is 13.6. The largest absolute Gasteiger partial charge is 0.398 e. The lowest BCUT2D eigenvalue weighted by molar-refractivity contribution is 0.619. The Balaban J connectivity index is 0.000000120. The maximum atomic E-state index is 13.6. The molecule has 0 radical (unpaired) electrons. The Morgan fingerprint density at radius 1 is 0.339 bits per heavy atom. The average Bonchev–Trinajstić information content (AvgIpc) is 0.927. The van der Waals surface area contributed by atoms with Gasteiger partial charge in [0.2, 0.25) is 0 Å². The van der Waals surface area contributed by atoms with E-state index in [-0.39, 0.29) is 5.82 Å². The van der Waals surface area contributed by atoms with Crippen LogP contribution in [-0.4, -0.2) is 64.0 Å². The van der Waals surface area contributed by atoms with Crippen LogP contribution >= 0.6 is 0 Å². The van der Waals surface area contributed by atoms with Gasteiger partial charge in [-0.15, -0.1) is 0 Å². The predicted octanol–water partition coefficient (Wildman–Crippen LogP) is 25.1. The van der Waals surface area contributed by atoms with Gasteiger partial charge in [-0.05, 0) is 260 Å². The van der Waals surface area contributed by atoms with E-state index in [1.807, 2.05) is 118 Å². The topological polar surface area (TPSA) is 323 Å². The number of nitrogens with zero attached hydrogens (tertiary/aromatic N) is 7. The number of benzene rings is 10. The second kappa shape index (κ2) is 37.2. The van der Waals surface area contributed by atoms with Crippen LogP contribution in [0.25, 0.3) is 134 Å². The smallest absolute Gasteiger partial charge is 0.126 e. The van der Waals surface area contributed by atoms with Crippen molar-refractivity contribution in [2.75, 3.05) is 28.7 Å². The first-order valence-corrected chi connectivity index (χ1v) is 41.7. The second-order valence-corrected chi connectivity index (χ2v) is 32.5. The van der Waals surface area contributed by atoms with Gasteiger partial charge in [-0.1, -0.05) is 155 Å². The van der Waals surface area contributed by atoms with Crippen LogP contribution in [0.4, 0.5) is 32.8 Å². The fourth-order valence-electron chi connectivity index (χ4n) is 15.3. The quantitative estimate of drug-likeness (QED) is 0.0301. The van der Waals surface area contributed by atoms with Crippen molar-refractivity contribution in [1.29, 1.82) is 16.2 Å². The number of aromatic nitrogens is 9. The maximum Gasteiger partial charge on any atom is 0.126 e. The Morgan fingerprint density at radius 2 is 0.702 bits per heavy atom. The molecule has 0 amide bonds. The van der Waals surface area contributed by atoms with Gasteiger partial charge in [-0.25, -0.2) is 4.39 Å². The summed E-state index contributed by atoms with van der Waals surface area (Å²) in [7, 11) is 0. The SMILES string of the molecule is CC(C)c1cccc(-c2ncc(N)cc2-c2ccc3[nH]ncc3c2)c1.Cc1ccc(-c2ccc(N)c(C=N)c2)c(-c2ccc(F)c(C)c2)n1.Cc1ccc(-c2ccc(N)c(C=N)c2)c(-c2cccc(C(C)C)c2)n1.Cc1ccc(-c2ccc3[nH]ncc3c2)c(-c2ccc(C3CC3)cc2)n1.N=Cc1cc(-c2cc(N)cnc2-c2cccc(C3CC3)c2)ccc1N. The monoisotopic (exact) mass is 1630 g/mol. The van der Waals surface area contributed by atoms with Gasteiger partial charge in [-0.2, -0.15) is 10.2 Å². The van der Waals surface area contributed by atoms with Crippen LogP contribution in [0.15, 0.2) is 280 Å². The van der Waals surface area contributed by atoms with Gasteiger partial charge in [0.15, 0.2) is 0 Å². The first kappa shape index (κ1) is 83.9. The van der Waals surface area contributed by atoms with E-state index in [1.54, 1.807) is 37.5 Å². The third-order valence-electron chi connectivity index (χ3n) is 22.6. The van der Waals surface area contributed by atoms with Crippen molar-refractivity contribution in [1.82, 2.24) is 45.3 Å². The Morgan fingerprint density at radius 3 is 1.13 bits per heavy atom. The van der Waals surface area contributed by atoms with Crippen molar-refractivity contribution in [2.45, 2.75) is 105 Å². The highest BCUT2D eigenvalue weighted by Crippen LogP contribution is 2.45. The molecule has 2 aliphatic carbocycles. The molecule has 2 aliphatic rings. The number of halogens is 1. The summed E-state index contributed by atoms with van der Waals surface area (Å²) in [6.45, 7) is 16.5. The van der Waals surface area contributed by atoms with Crippen LogP contribution in [0.3, 0.4) is 0 Å². The van der Waals surface area contributed by atoms with Crippen LogP contribution in [-0.2, 0) is 0 Å². The molecular weight excluding hydrogens is 1530 g/mol. The van der Waals surface area contributed by atoms with Crippen molar-refractivity contribution < 1.29 is 4.39 Å². The highest BCUT2D eigenvalue weighted by atomic mass is 19.1. The molecule has 0 aliphatic heterocycles. The number of anilines is 5. The zero-order valence-electron chi connectivity index (χ0n) is 70.8. The standard InChI is InChI=1S/C22H19N3.C22H23N3.2C21H20N4.C20H18FN3/c1-14-2-10-20(18-9-11-21-19(12-18)13-23-25-21)22(24-14)17-7-5-16(6-8-17)15-3-4-15;1-14(2)16-5-4-6-18(11-16)22-20(9-7-15(3)25-22)17-8-10-21(24)19(12-17)13-23;1-13(2)14-4-3-5-16(8-14)21-19(10-18(22)12-23-21)15-6-7-20-17(9-15)11-24-25-20;22-11-17-9-15(6-7-20(17)24)19-10-18(23)12-25-21(19)16-3-1-2-14(8-16)13-4-5-13;1-12-9-15(4-7-18(12)21)20-17(6-3-13(2)24-20)14-5-8-19(23)16(10-14)11-22/h2,5-13,15H,3-4H2,1H3,(H,23,25);4-14,23H,24H2,1-3H3;3-13H,22H2,1-2H3,(H,24,25);1-3,6-13,22H,4-5,23-24H2;3-11,22H,23H2,1-2H3. The minimum absolute atomic E-state index is 0.230. The van der Waals surface area contributed by atoms with Gasteiger partial charge in [0, 0.05) is 136 Å². The summed E-state index contributed by atoms with van der Waals surface area (Å²) in [6.07, 6.45) is 16.1. The molecule has 10 aromatic carbocycles. The molecule has 0 spiro atoms. The van der Waals surface area contributed by atoms with E-state index in [2.05, 4.69) is 209 Å². The Labute approximate surface area is 722 Å². The highest BCUT2D eigenvalue weighted by molar-refractivity contribution is 5.95. The van der Waals surface area contributed by atoms with E-state index in [4.69, 9.17) is 54.9 Å². The molecule has 124 heavy (non-hydrogen) atoms. The molecule has 616 valence electrons. The molecule has 0 atom stereocenters. The fourth-order valence-corrected chi connectivity index (χ4v) is 15.3. The summed E-state index contributed by atoms with van der Waals surface area (Å²) >= 11 is 0. The number of rotatable bonds is 17. The highest BCUT2D eigenvalue weighted by Gasteiger charge is 2.26. The third kappa shape index (κ3) is 19.5. The van der Waals surface area contributed by atoms with Crippen LogP contribution in [0, 0.1) is 49.7 Å². The van der Waals surface area contributed by atoms with Crippen molar-refractivity contribution in [3.8, 4) is 112 Å². The molecule has 2 saturated carbocycles. The van der Waals surface area contributed by atoms with Crippen molar-refractivity contribution in [3.05, 3.63) is 347 Å². The van der Waals surface area contributed by atoms with Crippen LogP contribution in [0.2, 0.25) is 0 Å². The van der Waals surface area contributed by atoms with Crippen molar-refractivity contribution in [2.24, 2.45) is 0 Å². The number of nitrogen functional groups attached to an aromatic ring is 5. The first-order chi connectivity index (χ1) is 60.0. The molecule has 0 saturated heterocycles. The van der Waals surface area contributed by atoms with E-state index < -0.39 is 0 Å². The van der Waals surface area contributed by atoms with E-state index in [1.165, 1.54) is 83.8 Å². The Hall–Kier alpha value is -15.2. The predicted molar refractivity (Wildman–Crippen MR) is 512 cm³/mol. The number of hydrogen-bond donors (Lipinski definition) is 10. The summed E-state index contributed by atoms with van der Waals surface area (Å²) in [5.41, 5.74) is 66.1. The molecule has 19 rings (SSSR count). The number of hydrogen-bond acceptors (Lipinski definition) is 15. The van der Waals surface area contributed by atoms with Crippen LogP contribution in [0.1, 0.15) is 139 Å². The molecule has 15 N–H and O–H groups in total. The van der Waals surface area contributed by atoms with Gasteiger partial charge in [-0.3, -0.25) is 35.1 Å². The molecule has 0 unspecified atom stereocenters. The number of pyridine rings is 5. The lowest BCUT2D eigenvalue weighted by Gasteiger charge is -2.13. The van der Waals surface area contributed by atoms with Gasteiger partial charge in [0.25, 0.3) is 0 Å². The summed E-state index contributed by atoms with van der Waals surface area (Å²) in [4.78, 5) is 23.6. The number of H-pyrrole nitrogens is 2. The zero-order valence-corrected chi connectivity index (χ0v) is 70.8. The Bertz CT molecular complexity index is 6810. The minimum Gasteiger partial charge on any atom is -0.398 e. The lowest BCUT2D eigenvalue weighted by Crippen LogP contribution is -1.97. The maximum absolute atomic E-state index is 13.6. The number of nitrogens with one attached hydrogen (secondary N) is 5. The summed E-state index contributed by atoms with van der Waals surface area (Å²) in [5, 5.41) is 39.0. The van der Waals surface area contributed by atoms with Crippen molar-refractivity contribution in [3.63, 3.8) is 0 Å².